The van der Waals surface area contributed by atoms with Crippen molar-refractivity contribution in [2.75, 3.05) is 5.32 Å². The van der Waals surface area contributed by atoms with Crippen LogP contribution >= 0.6 is 23.6 Å². The van der Waals surface area contributed by atoms with Crippen molar-refractivity contribution in [2.24, 2.45) is 0 Å². The van der Waals surface area contributed by atoms with E-state index in [9.17, 15) is 13.2 Å². The number of thiophene rings is 1. The van der Waals surface area contributed by atoms with Crippen LogP contribution < -0.4 is 15.4 Å². The second-order valence-electron chi connectivity index (χ2n) is 5.72. The van der Waals surface area contributed by atoms with Crippen LogP contribution in [0.5, 0.6) is 0 Å². The maximum Gasteiger partial charge on any atom is 0.250 e. The highest BCUT2D eigenvalue weighted by molar-refractivity contribution is 7.89. The zero-order valence-corrected chi connectivity index (χ0v) is 17.4. The van der Waals surface area contributed by atoms with Gasteiger partial charge >= 0.3 is 0 Å². The van der Waals surface area contributed by atoms with E-state index < -0.39 is 10.0 Å². The largest absolute Gasteiger partial charge is 0.468 e. The summed E-state index contributed by atoms with van der Waals surface area (Å²) in [5.41, 5.74) is 0.544. The van der Waals surface area contributed by atoms with E-state index in [4.69, 9.17) is 16.6 Å². The minimum Gasteiger partial charge on any atom is -0.468 e. The van der Waals surface area contributed by atoms with Crippen molar-refractivity contribution in [1.82, 2.24) is 10.0 Å². The number of thiocarbonyl (C=S) groups is 1. The summed E-state index contributed by atoms with van der Waals surface area (Å²) in [5, 5.41) is 7.39. The van der Waals surface area contributed by atoms with Crippen molar-refractivity contribution in [3.63, 3.8) is 0 Å². The Kier molecular flexibility index (Phi) is 6.94. The van der Waals surface area contributed by atoms with Crippen LogP contribution in [0.2, 0.25) is 0 Å². The van der Waals surface area contributed by atoms with E-state index in [0.29, 0.717) is 11.4 Å². The smallest absolute Gasteiger partial charge is 0.250 e. The number of amides is 1. The first-order valence-corrected chi connectivity index (χ1v) is 11.2. The molecule has 3 aromatic rings. The fourth-order valence-corrected chi connectivity index (χ4v) is 4.07. The minimum absolute atomic E-state index is 0.0600. The van der Waals surface area contributed by atoms with Gasteiger partial charge in [-0.05, 0) is 66.1 Å². The topological polar surface area (TPSA) is 100 Å². The number of nitrogens with one attached hydrogen (secondary N) is 3. The molecule has 3 rings (SSSR count). The van der Waals surface area contributed by atoms with E-state index in [1.807, 2.05) is 17.5 Å². The first kappa shape index (κ1) is 20.9. The molecule has 2 aromatic heterocycles. The zero-order valence-electron chi connectivity index (χ0n) is 15.0. The Hall–Kier alpha value is -2.79. The second-order valence-corrected chi connectivity index (χ2v) is 8.87. The summed E-state index contributed by atoms with van der Waals surface area (Å²) in [7, 11) is -3.68. The van der Waals surface area contributed by atoms with Crippen LogP contribution in [-0.4, -0.2) is 19.4 Å². The summed E-state index contributed by atoms with van der Waals surface area (Å²) in [5.74, 6) is 0.151. The SMILES string of the molecule is O=C(/C=C/c1cccs1)NC(=S)Nc1ccc(S(=O)(=O)NCc2ccco2)cc1. The van der Waals surface area contributed by atoms with Crippen molar-refractivity contribution in [2.45, 2.75) is 11.4 Å². The monoisotopic (exact) mass is 447 g/mol. The predicted octanol–water partition coefficient (Wildman–Crippen LogP) is 3.35. The van der Waals surface area contributed by atoms with Crippen LogP contribution in [0.4, 0.5) is 5.69 Å². The van der Waals surface area contributed by atoms with Crippen molar-refractivity contribution in [3.8, 4) is 0 Å². The first-order chi connectivity index (χ1) is 13.9. The summed E-state index contributed by atoms with van der Waals surface area (Å²) in [6.45, 7) is 0.0600. The lowest BCUT2D eigenvalue weighted by atomic mass is 10.3. The molecular weight excluding hydrogens is 430 g/mol. The Morgan fingerprint density at radius 3 is 2.59 bits per heavy atom. The van der Waals surface area contributed by atoms with E-state index in [1.165, 1.54) is 35.8 Å². The van der Waals surface area contributed by atoms with Gasteiger partial charge in [-0.15, -0.1) is 11.3 Å². The molecule has 0 spiro atoms. The third-order valence-corrected chi connectivity index (χ3v) is 6.08. The van der Waals surface area contributed by atoms with Crippen molar-refractivity contribution in [1.29, 1.82) is 0 Å². The number of hydrogen-bond donors (Lipinski definition) is 3. The highest BCUT2D eigenvalue weighted by Crippen LogP contribution is 2.15. The molecule has 0 fully saturated rings. The first-order valence-electron chi connectivity index (χ1n) is 8.38. The lowest BCUT2D eigenvalue weighted by Gasteiger charge is -2.10. The van der Waals surface area contributed by atoms with Crippen molar-refractivity contribution >= 4 is 56.4 Å². The van der Waals surface area contributed by atoms with Gasteiger partial charge in [0.05, 0.1) is 17.7 Å². The van der Waals surface area contributed by atoms with Gasteiger partial charge in [-0.2, -0.15) is 0 Å². The maximum absolute atomic E-state index is 12.3. The molecule has 1 aromatic carbocycles. The summed E-state index contributed by atoms with van der Waals surface area (Å²) >= 11 is 6.62. The molecule has 0 saturated heterocycles. The van der Waals surface area contributed by atoms with Crippen LogP contribution in [-0.2, 0) is 21.4 Å². The molecule has 0 atom stereocenters. The number of benzene rings is 1. The van der Waals surface area contributed by atoms with E-state index in [2.05, 4.69) is 15.4 Å². The lowest BCUT2D eigenvalue weighted by Crippen LogP contribution is -2.32. The van der Waals surface area contributed by atoms with Crippen LogP contribution in [0.1, 0.15) is 10.6 Å². The molecule has 0 aliphatic rings. The van der Waals surface area contributed by atoms with Gasteiger partial charge < -0.3 is 9.73 Å². The summed E-state index contributed by atoms with van der Waals surface area (Å²) < 4.78 is 32.2. The van der Waals surface area contributed by atoms with Gasteiger partial charge in [-0.3, -0.25) is 10.1 Å². The number of carbonyl (C=O) groups is 1. The molecule has 0 aliphatic carbocycles. The molecule has 150 valence electrons. The molecule has 10 heteroatoms. The normalized spacial score (nSPS) is 11.4. The Bertz CT molecular complexity index is 1090. The van der Waals surface area contributed by atoms with Gasteiger partial charge in [-0.25, -0.2) is 13.1 Å². The van der Waals surface area contributed by atoms with Gasteiger partial charge in [-0.1, -0.05) is 6.07 Å². The summed E-state index contributed by atoms with van der Waals surface area (Å²) in [4.78, 5) is 12.9. The number of rotatable bonds is 7. The molecule has 0 saturated carbocycles. The fourth-order valence-electron chi connectivity index (χ4n) is 2.24. The van der Waals surface area contributed by atoms with Gasteiger partial charge in [0.25, 0.3) is 0 Å². The van der Waals surface area contributed by atoms with Crippen LogP contribution in [0.25, 0.3) is 6.08 Å². The summed E-state index contributed by atoms with van der Waals surface area (Å²) in [6, 6.07) is 13.1. The lowest BCUT2D eigenvalue weighted by molar-refractivity contribution is -0.115. The second kappa shape index (κ2) is 9.61. The maximum atomic E-state index is 12.3. The standard InChI is InChI=1S/C19H17N3O4S3/c23-18(10-7-16-4-2-12-28-16)22-19(27)21-14-5-8-17(9-6-14)29(24,25)20-13-15-3-1-11-26-15/h1-12,20H,13H2,(H2,21,22,23,27)/b10-7+. The Morgan fingerprint density at radius 2 is 1.93 bits per heavy atom. The average molecular weight is 448 g/mol. The number of anilines is 1. The molecule has 0 radical (unpaired) electrons. The Balaban J connectivity index is 1.52. The quantitative estimate of drug-likeness (QED) is 0.379. The fraction of sp³-hybridized carbons (Fsp3) is 0.0526. The molecule has 0 aliphatic heterocycles. The van der Waals surface area contributed by atoms with Gasteiger partial charge in [0, 0.05) is 16.6 Å². The average Bonchev–Trinajstić information content (AvgIpc) is 3.39. The number of sulfonamides is 1. The number of furan rings is 1. The van der Waals surface area contributed by atoms with E-state index in [1.54, 1.807) is 30.3 Å². The van der Waals surface area contributed by atoms with Crippen molar-refractivity contribution < 1.29 is 17.6 Å². The van der Waals surface area contributed by atoms with Gasteiger partial charge in [0.1, 0.15) is 5.76 Å². The number of carbonyl (C=O) groups excluding carboxylic acids is 1. The number of hydrogen-bond acceptors (Lipinski definition) is 6. The molecule has 0 bridgehead atoms. The molecular formula is C19H17N3O4S3. The predicted molar refractivity (Wildman–Crippen MR) is 117 cm³/mol. The van der Waals surface area contributed by atoms with Crippen LogP contribution in [0.3, 0.4) is 0 Å². The van der Waals surface area contributed by atoms with E-state index in [-0.39, 0.29) is 22.5 Å². The Labute approximate surface area is 177 Å². The zero-order chi connectivity index (χ0) is 20.7. The molecule has 3 N–H and O–H groups in total. The van der Waals surface area contributed by atoms with Crippen LogP contribution in [0, 0.1) is 0 Å². The molecule has 7 nitrogen and oxygen atoms in total. The third-order valence-electron chi connectivity index (χ3n) is 3.62. The minimum atomic E-state index is -3.68. The summed E-state index contributed by atoms with van der Waals surface area (Å²) in [6.07, 6.45) is 4.56. The molecule has 1 amide bonds. The van der Waals surface area contributed by atoms with Gasteiger partial charge in [0.2, 0.25) is 15.9 Å². The van der Waals surface area contributed by atoms with E-state index >= 15 is 0 Å². The molecule has 2 heterocycles. The van der Waals surface area contributed by atoms with E-state index in [0.717, 1.165) is 4.88 Å². The van der Waals surface area contributed by atoms with Crippen molar-refractivity contribution in [3.05, 3.63) is 76.9 Å². The molecule has 0 unspecified atom stereocenters. The third kappa shape index (κ3) is 6.36. The highest BCUT2D eigenvalue weighted by Gasteiger charge is 2.14. The highest BCUT2D eigenvalue weighted by atomic mass is 32.2. The van der Waals surface area contributed by atoms with Gasteiger partial charge in [0.15, 0.2) is 5.11 Å². The molecule has 29 heavy (non-hydrogen) atoms. The Morgan fingerprint density at radius 1 is 1.14 bits per heavy atom. The van der Waals surface area contributed by atoms with Crippen LogP contribution in [0.15, 0.2) is 75.6 Å².